The number of nitrogens with one attached hydrogen (secondary N) is 1. The van der Waals surface area contributed by atoms with Crippen molar-refractivity contribution < 1.29 is 19.0 Å². The number of fused-ring (bicyclic) bond motifs is 2. The zero-order valence-corrected chi connectivity index (χ0v) is 21.3. The Bertz CT molecular complexity index is 1320. The van der Waals surface area contributed by atoms with Crippen LogP contribution in [0.15, 0.2) is 46.3 Å². The van der Waals surface area contributed by atoms with Gasteiger partial charge < -0.3 is 24.4 Å². The van der Waals surface area contributed by atoms with Gasteiger partial charge in [-0.05, 0) is 49.2 Å². The molecule has 0 saturated carbocycles. The maximum atomic E-state index is 13.8. The number of nitrogens with zero attached hydrogens (tertiary/aromatic N) is 3. The highest BCUT2D eigenvalue weighted by Crippen LogP contribution is 2.33. The van der Waals surface area contributed by atoms with Crippen molar-refractivity contribution in [3.63, 3.8) is 0 Å². The van der Waals surface area contributed by atoms with Crippen LogP contribution in [0.1, 0.15) is 25.8 Å². The van der Waals surface area contributed by atoms with Crippen LogP contribution in [0.2, 0.25) is 0 Å². The fraction of sp³-hybridized carbons (Fsp3) is 0.423. The summed E-state index contributed by atoms with van der Waals surface area (Å²) >= 11 is 1.27. The molecule has 2 aromatic carbocycles. The Morgan fingerprint density at radius 1 is 1.14 bits per heavy atom. The van der Waals surface area contributed by atoms with Crippen molar-refractivity contribution in [1.29, 1.82) is 0 Å². The Hall–Kier alpha value is -3.24. The van der Waals surface area contributed by atoms with Gasteiger partial charge in [0, 0.05) is 24.8 Å². The third-order valence-electron chi connectivity index (χ3n) is 6.41. The van der Waals surface area contributed by atoms with E-state index in [4.69, 9.17) is 19.2 Å². The summed E-state index contributed by atoms with van der Waals surface area (Å²) < 4.78 is 18.0. The zero-order chi connectivity index (χ0) is 25.1. The molecule has 190 valence electrons. The molecule has 2 aliphatic rings. The van der Waals surface area contributed by atoms with Crippen LogP contribution in [0.3, 0.4) is 0 Å². The standard InChI is InChI=1S/C26H30N4O5S/c1-3-17(2)27-24(31)15-36-26-28-21-6-5-19(29-8-10-33-11-9-29)13-20(21)25(32)30(26)14-18-4-7-22-23(12-18)35-16-34-22/h4-7,12-13,17H,3,8-11,14-16H2,1-2H3,(H,27,31)/t17-/m1/s1. The normalized spacial score (nSPS) is 15.8. The van der Waals surface area contributed by atoms with Crippen molar-refractivity contribution in [2.75, 3.05) is 43.7 Å². The van der Waals surface area contributed by atoms with E-state index in [1.165, 1.54) is 11.8 Å². The molecule has 0 unspecified atom stereocenters. The average molecular weight is 511 g/mol. The van der Waals surface area contributed by atoms with Crippen molar-refractivity contribution in [3.05, 3.63) is 52.3 Å². The lowest BCUT2D eigenvalue weighted by molar-refractivity contribution is -0.119. The molecular formula is C26H30N4O5S. The minimum atomic E-state index is -0.141. The minimum absolute atomic E-state index is 0.0824. The van der Waals surface area contributed by atoms with E-state index < -0.39 is 0 Å². The Labute approximate surface area is 213 Å². The number of carbonyl (C=O) groups excluding carboxylic acids is 1. The highest BCUT2D eigenvalue weighted by Gasteiger charge is 2.19. The quantitative estimate of drug-likeness (QED) is 0.365. The molecule has 0 radical (unpaired) electrons. The Morgan fingerprint density at radius 3 is 2.75 bits per heavy atom. The SMILES string of the molecule is CC[C@@H](C)NC(=O)CSc1nc2ccc(N3CCOCC3)cc2c(=O)n1Cc1ccc2c(c1)OCO2. The second kappa shape index (κ2) is 10.8. The molecule has 9 nitrogen and oxygen atoms in total. The maximum Gasteiger partial charge on any atom is 0.262 e. The molecule has 0 bridgehead atoms. The van der Waals surface area contributed by atoms with Crippen LogP contribution in [0.4, 0.5) is 5.69 Å². The fourth-order valence-electron chi connectivity index (χ4n) is 4.23. The molecule has 0 aliphatic carbocycles. The lowest BCUT2D eigenvalue weighted by Gasteiger charge is -2.29. The van der Waals surface area contributed by atoms with Crippen LogP contribution in [0, 0.1) is 0 Å². The second-order valence-corrected chi connectivity index (χ2v) is 9.88. The number of anilines is 1. The number of morpholine rings is 1. The van der Waals surface area contributed by atoms with Gasteiger partial charge in [0.1, 0.15) is 0 Å². The number of thioether (sulfide) groups is 1. The van der Waals surface area contributed by atoms with E-state index in [2.05, 4.69) is 10.2 Å². The first-order chi connectivity index (χ1) is 17.5. The molecule has 1 saturated heterocycles. The Kier molecular flexibility index (Phi) is 7.33. The maximum absolute atomic E-state index is 13.8. The highest BCUT2D eigenvalue weighted by molar-refractivity contribution is 7.99. The van der Waals surface area contributed by atoms with E-state index >= 15 is 0 Å². The lowest BCUT2D eigenvalue weighted by atomic mass is 10.1. The monoisotopic (exact) mass is 510 g/mol. The molecule has 5 rings (SSSR count). The minimum Gasteiger partial charge on any atom is -0.454 e. The molecular weight excluding hydrogens is 480 g/mol. The van der Waals surface area contributed by atoms with Gasteiger partial charge in [-0.3, -0.25) is 14.2 Å². The van der Waals surface area contributed by atoms with E-state index in [0.717, 1.165) is 30.8 Å². The number of ether oxygens (including phenoxy) is 3. The van der Waals surface area contributed by atoms with Crippen LogP contribution in [-0.2, 0) is 16.1 Å². The summed E-state index contributed by atoms with van der Waals surface area (Å²) in [6.45, 7) is 7.38. The molecule has 1 atom stereocenters. The first kappa shape index (κ1) is 24.5. The molecule has 3 aromatic rings. The number of rotatable bonds is 8. The summed E-state index contributed by atoms with van der Waals surface area (Å²) in [5.41, 5.74) is 2.34. The smallest absolute Gasteiger partial charge is 0.262 e. The summed E-state index contributed by atoms with van der Waals surface area (Å²) in [5.74, 6) is 1.44. The molecule has 2 aliphatic heterocycles. The van der Waals surface area contributed by atoms with Crippen LogP contribution < -0.4 is 25.2 Å². The van der Waals surface area contributed by atoms with Crippen molar-refractivity contribution in [3.8, 4) is 11.5 Å². The summed E-state index contributed by atoms with van der Waals surface area (Å²) in [6, 6.07) is 11.5. The Balaban J connectivity index is 1.50. The Morgan fingerprint density at radius 2 is 1.94 bits per heavy atom. The zero-order valence-electron chi connectivity index (χ0n) is 20.5. The van der Waals surface area contributed by atoms with Gasteiger partial charge in [-0.2, -0.15) is 0 Å². The number of benzene rings is 2. The third kappa shape index (κ3) is 5.29. The van der Waals surface area contributed by atoms with E-state index in [1.807, 2.05) is 50.2 Å². The van der Waals surface area contributed by atoms with E-state index in [0.29, 0.717) is 47.3 Å². The van der Waals surface area contributed by atoms with Crippen LogP contribution in [0.5, 0.6) is 11.5 Å². The van der Waals surface area contributed by atoms with E-state index in [-0.39, 0.29) is 30.1 Å². The van der Waals surface area contributed by atoms with Gasteiger partial charge in [0.25, 0.3) is 5.56 Å². The van der Waals surface area contributed by atoms with Crippen LogP contribution in [-0.4, -0.2) is 60.3 Å². The van der Waals surface area contributed by atoms with Gasteiger partial charge in [0.15, 0.2) is 16.7 Å². The topological polar surface area (TPSA) is 94.9 Å². The summed E-state index contributed by atoms with van der Waals surface area (Å²) in [7, 11) is 0. The van der Waals surface area contributed by atoms with Gasteiger partial charge in [-0.25, -0.2) is 4.98 Å². The van der Waals surface area contributed by atoms with Gasteiger partial charge in [-0.1, -0.05) is 24.8 Å². The highest BCUT2D eigenvalue weighted by atomic mass is 32.2. The predicted octanol–water partition coefficient (Wildman–Crippen LogP) is 3.02. The molecule has 1 N–H and O–H groups in total. The van der Waals surface area contributed by atoms with Crippen LogP contribution in [0.25, 0.3) is 10.9 Å². The number of hydrogen-bond donors (Lipinski definition) is 1. The predicted molar refractivity (Wildman–Crippen MR) is 139 cm³/mol. The molecule has 10 heteroatoms. The van der Waals surface area contributed by atoms with Crippen LogP contribution >= 0.6 is 11.8 Å². The van der Waals surface area contributed by atoms with Gasteiger partial charge >= 0.3 is 0 Å². The number of amides is 1. The van der Waals surface area contributed by atoms with Gasteiger partial charge in [0.05, 0.1) is 36.4 Å². The molecule has 36 heavy (non-hydrogen) atoms. The van der Waals surface area contributed by atoms with E-state index in [9.17, 15) is 9.59 Å². The number of hydrogen-bond acceptors (Lipinski definition) is 8. The first-order valence-electron chi connectivity index (χ1n) is 12.2. The second-order valence-electron chi connectivity index (χ2n) is 8.94. The molecule has 1 amide bonds. The molecule has 3 heterocycles. The number of carbonyl (C=O) groups is 1. The van der Waals surface area contributed by atoms with Crippen molar-refractivity contribution in [1.82, 2.24) is 14.9 Å². The van der Waals surface area contributed by atoms with Gasteiger partial charge in [-0.15, -0.1) is 0 Å². The summed E-state index contributed by atoms with van der Waals surface area (Å²) in [6.07, 6.45) is 0.852. The third-order valence-corrected chi connectivity index (χ3v) is 7.39. The lowest BCUT2D eigenvalue weighted by Crippen LogP contribution is -2.36. The molecule has 1 fully saturated rings. The van der Waals surface area contributed by atoms with Crippen molar-refractivity contribution in [2.24, 2.45) is 0 Å². The molecule has 0 spiro atoms. The largest absolute Gasteiger partial charge is 0.454 e. The van der Waals surface area contributed by atoms with E-state index in [1.54, 1.807) is 4.57 Å². The number of aromatic nitrogens is 2. The summed E-state index contributed by atoms with van der Waals surface area (Å²) in [5, 5.41) is 4.02. The summed E-state index contributed by atoms with van der Waals surface area (Å²) in [4.78, 5) is 33.3. The van der Waals surface area contributed by atoms with Gasteiger partial charge in [0.2, 0.25) is 12.7 Å². The van der Waals surface area contributed by atoms with Crippen molar-refractivity contribution >= 4 is 34.3 Å². The van der Waals surface area contributed by atoms with Crippen molar-refractivity contribution in [2.45, 2.75) is 38.0 Å². The first-order valence-corrected chi connectivity index (χ1v) is 13.2. The fourth-order valence-corrected chi connectivity index (χ4v) is 5.04. The average Bonchev–Trinajstić information content (AvgIpc) is 3.37. The molecule has 1 aromatic heterocycles.